The number of aliphatic imine (C=N–C) groups is 1. The first-order valence-electron chi connectivity index (χ1n) is 9.63. The number of carbonyl (C=O) groups excluding carboxylic acids is 1. The quantitative estimate of drug-likeness (QED) is 0.489. The van der Waals surface area contributed by atoms with Crippen LogP contribution in [0.15, 0.2) is 4.99 Å². The molecule has 2 atom stereocenters. The van der Waals surface area contributed by atoms with Crippen LogP contribution in [0.1, 0.15) is 37.8 Å². The number of fused-ring (bicyclic) bond motifs is 1. The molecule has 8 heteroatoms. The molecule has 2 aliphatic heterocycles. The fourth-order valence-corrected chi connectivity index (χ4v) is 3.89. The second kappa shape index (κ2) is 8.51. The highest BCUT2D eigenvalue weighted by atomic mass is 16.5. The van der Waals surface area contributed by atoms with Crippen LogP contribution >= 0.6 is 0 Å². The number of ether oxygens (including phenoxy) is 1. The number of carbonyl (C=O) groups is 1. The van der Waals surface area contributed by atoms with Gasteiger partial charge < -0.3 is 19.5 Å². The Hall–Kier alpha value is -2.12. The van der Waals surface area contributed by atoms with Gasteiger partial charge in [0, 0.05) is 39.6 Å². The summed E-state index contributed by atoms with van der Waals surface area (Å²) in [5.41, 5.74) is 0. The molecule has 2 aliphatic rings. The van der Waals surface area contributed by atoms with Crippen LogP contribution in [0.4, 0.5) is 0 Å². The lowest BCUT2D eigenvalue weighted by Crippen LogP contribution is -2.49. The van der Waals surface area contributed by atoms with Crippen molar-refractivity contribution in [3.05, 3.63) is 11.6 Å². The first-order chi connectivity index (χ1) is 12.6. The van der Waals surface area contributed by atoms with E-state index in [2.05, 4.69) is 30.0 Å². The highest BCUT2D eigenvalue weighted by molar-refractivity contribution is 5.81. The maximum Gasteiger partial charge on any atom is 0.310 e. The number of hydrogen-bond acceptors (Lipinski definition) is 5. The molecule has 0 saturated carbocycles. The predicted octanol–water partition coefficient (Wildman–Crippen LogP) is 0.999. The molecule has 1 saturated heterocycles. The van der Waals surface area contributed by atoms with Crippen molar-refractivity contribution >= 4 is 11.9 Å². The largest absolute Gasteiger partial charge is 0.466 e. The summed E-state index contributed by atoms with van der Waals surface area (Å²) in [6.07, 6.45) is 3.95. The second-order valence-corrected chi connectivity index (χ2v) is 7.14. The van der Waals surface area contributed by atoms with Crippen LogP contribution in [0.5, 0.6) is 0 Å². The zero-order chi connectivity index (χ0) is 18.5. The van der Waals surface area contributed by atoms with Crippen LogP contribution < -0.4 is 5.32 Å². The third kappa shape index (κ3) is 4.16. The number of aryl methyl sites for hydroxylation is 2. The van der Waals surface area contributed by atoms with E-state index in [4.69, 9.17) is 4.74 Å². The Morgan fingerprint density at radius 2 is 2.19 bits per heavy atom. The summed E-state index contributed by atoms with van der Waals surface area (Å²) in [7, 11) is 1.80. The van der Waals surface area contributed by atoms with E-state index in [-0.39, 0.29) is 11.9 Å². The molecule has 1 fully saturated rings. The summed E-state index contributed by atoms with van der Waals surface area (Å²) < 4.78 is 7.41. The molecular weight excluding hydrogens is 332 g/mol. The van der Waals surface area contributed by atoms with Gasteiger partial charge in [0.25, 0.3) is 0 Å². The minimum atomic E-state index is -0.0875. The van der Waals surface area contributed by atoms with Gasteiger partial charge in [0.2, 0.25) is 0 Å². The van der Waals surface area contributed by atoms with E-state index in [1.807, 2.05) is 13.8 Å². The van der Waals surface area contributed by atoms with Crippen molar-refractivity contribution in [3.63, 3.8) is 0 Å². The minimum absolute atomic E-state index is 0.0563. The van der Waals surface area contributed by atoms with Crippen molar-refractivity contribution in [2.75, 3.05) is 33.3 Å². The van der Waals surface area contributed by atoms with Crippen LogP contribution in [0.25, 0.3) is 0 Å². The fraction of sp³-hybridized carbons (Fsp3) is 0.778. The molecule has 1 unspecified atom stereocenters. The molecule has 8 nitrogen and oxygen atoms in total. The highest BCUT2D eigenvalue weighted by Gasteiger charge is 2.29. The van der Waals surface area contributed by atoms with Gasteiger partial charge in [0.05, 0.1) is 12.5 Å². The Kier molecular flexibility index (Phi) is 6.11. The summed E-state index contributed by atoms with van der Waals surface area (Å²) in [6, 6.07) is 0. The number of guanidine groups is 1. The van der Waals surface area contributed by atoms with Crippen LogP contribution in [-0.4, -0.2) is 64.9 Å². The Morgan fingerprint density at radius 3 is 2.96 bits per heavy atom. The van der Waals surface area contributed by atoms with Crippen molar-refractivity contribution in [1.82, 2.24) is 25.0 Å². The number of rotatable bonds is 4. The van der Waals surface area contributed by atoms with Gasteiger partial charge in [-0.1, -0.05) is 0 Å². The molecule has 26 heavy (non-hydrogen) atoms. The third-order valence-electron chi connectivity index (χ3n) is 5.33. The van der Waals surface area contributed by atoms with Gasteiger partial charge in [0.1, 0.15) is 11.6 Å². The van der Waals surface area contributed by atoms with Gasteiger partial charge in [-0.3, -0.25) is 9.79 Å². The van der Waals surface area contributed by atoms with Gasteiger partial charge in [-0.15, -0.1) is 10.2 Å². The number of nitrogens with one attached hydrogen (secondary N) is 1. The SMILES string of the molecule is CCOC(=O)[C@@H]1CCCN(C(=NC)NCC2CCc3nnc(C)n3C2)C1. The molecule has 0 bridgehead atoms. The van der Waals surface area contributed by atoms with Crippen LogP contribution in [0.2, 0.25) is 0 Å². The van der Waals surface area contributed by atoms with E-state index < -0.39 is 0 Å². The molecule has 0 amide bonds. The maximum atomic E-state index is 12.1. The Morgan fingerprint density at radius 1 is 1.35 bits per heavy atom. The van der Waals surface area contributed by atoms with Crippen molar-refractivity contribution in [2.45, 2.75) is 46.1 Å². The fourth-order valence-electron chi connectivity index (χ4n) is 3.89. The van der Waals surface area contributed by atoms with E-state index in [1.54, 1.807) is 7.05 Å². The standard InChI is InChI=1S/C18H30N6O2/c1-4-26-17(25)15-6-5-9-23(12-15)18(19-3)20-10-14-7-8-16-22-21-13(2)24(16)11-14/h14-15H,4-12H2,1-3H3,(H,19,20)/t14?,15-/m1/s1. The molecule has 1 aromatic rings. The average Bonchev–Trinajstić information content (AvgIpc) is 3.03. The minimum Gasteiger partial charge on any atom is -0.466 e. The maximum absolute atomic E-state index is 12.1. The molecule has 0 spiro atoms. The van der Waals surface area contributed by atoms with E-state index in [9.17, 15) is 4.79 Å². The lowest BCUT2D eigenvalue weighted by atomic mass is 9.98. The number of aromatic nitrogens is 3. The molecule has 0 aliphatic carbocycles. The molecule has 1 N–H and O–H groups in total. The smallest absolute Gasteiger partial charge is 0.310 e. The monoisotopic (exact) mass is 362 g/mol. The number of piperidine rings is 1. The normalized spacial score (nSPS) is 23.5. The Labute approximate surface area is 155 Å². The van der Waals surface area contributed by atoms with Crippen molar-refractivity contribution in [2.24, 2.45) is 16.8 Å². The average molecular weight is 362 g/mol. The lowest BCUT2D eigenvalue weighted by Gasteiger charge is -2.34. The molecule has 3 rings (SSSR count). The Bertz CT molecular complexity index is 656. The van der Waals surface area contributed by atoms with Crippen molar-refractivity contribution < 1.29 is 9.53 Å². The first-order valence-corrected chi connectivity index (χ1v) is 9.63. The van der Waals surface area contributed by atoms with E-state index in [1.165, 1.54) is 0 Å². The third-order valence-corrected chi connectivity index (χ3v) is 5.33. The summed E-state index contributed by atoms with van der Waals surface area (Å²) in [4.78, 5) is 18.7. The van der Waals surface area contributed by atoms with Gasteiger partial charge in [0.15, 0.2) is 5.96 Å². The predicted molar refractivity (Wildman–Crippen MR) is 98.9 cm³/mol. The van der Waals surface area contributed by atoms with E-state index in [0.717, 1.165) is 62.9 Å². The van der Waals surface area contributed by atoms with Crippen molar-refractivity contribution in [1.29, 1.82) is 0 Å². The van der Waals surface area contributed by atoms with Gasteiger partial charge in [-0.05, 0) is 39.0 Å². The first kappa shape index (κ1) is 18.7. The van der Waals surface area contributed by atoms with Gasteiger partial charge >= 0.3 is 5.97 Å². The highest BCUT2D eigenvalue weighted by Crippen LogP contribution is 2.20. The molecule has 3 heterocycles. The molecule has 0 aromatic carbocycles. The Balaban J connectivity index is 1.53. The number of nitrogens with zero attached hydrogens (tertiary/aromatic N) is 5. The van der Waals surface area contributed by atoms with Crippen LogP contribution in [0.3, 0.4) is 0 Å². The van der Waals surface area contributed by atoms with Gasteiger partial charge in [-0.2, -0.15) is 0 Å². The summed E-state index contributed by atoms with van der Waals surface area (Å²) in [5.74, 6) is 3.35. The van der Waals surface area contributed by atoms with Crippen LogP contribution in [-0.2, 0) is 22.5 Å². The summed E-state index contributed by atoms with van der Waals surface area (Å²) >= 11 is 0. The number of hydrogen-bond donors (Lipinski definition) is 1. The van der Waals surface area contributed by atoms with Crippen LogP contribution in [0, 0.1) is 18.8 Å². The molecular formula is C18H30N6O2. The van der Waals surface area contributed by atoms with Crippen molar-refractivity contribution in [3.8, 4) is 0 Å². The van der Waals surface area contributed by atoms with E-state index in [0.29, 0.717) is 19.1 Å². The zero-order valence-electron chi connectivity index (χ0n) is 16.1. The zero-order valence-corrected chi connectivity index (χ0v) is 16.1. The number of esters is 1. The molecule has 144 valence electrons. The summed E-state index contributed by atoms with van der Waals surface area (Å²) in [6.45, 7) is 7.72. The van der Waals surface area contributed by atoms with Gasteiger partial charge in [-0.25, -0.2) is 0 Å². The topological polar surface area (TPSA) is 84.6 Å². The molecule has 0 radical (unpaired) electrons. The van der Waals surface area contributed by atoms with E-state index >= 15 is 0 Å². The second-order valence-electron chi connectivity index (χ2n) is 7.14. The lowest BCUT2D eigenvalue weighted by molar-refractivity contribution is -0.149. The summed E-state index contributed by atoms with van der Waals surface area (Å²) in [5, 5.41) is 11.9. The molecule has 1 aromatic heterocycles. The number of likely N-dealkylation sites (tertiary alicyclic amines) is 1.